The quantitative estimate of drug-likeness (QED) is 0.549. The van der Waals surface area contributed by atoms with Gasteiger partial charge in [-0.2, -0.15) is 0 Å². The number of nitrogens with two attached hydrogens (primary N) is 1. The van der Waals surface area contributed by atoms with E-state index < -0.39 is 0 Å². The van der Waals surface area contributed by atoms with E-state index in [9.17, 15) is 0 Å². The van der Waals surface area contributed by atoms with E-state index in [-0.39, 0.29) is 0 Å². The zero-order valence-electron chi connectivity index (χ0n) is 11.3. The summed E-state index contributed by atoms with van der Waals surface area (Å²) in [5.41, 5.74) is 8.94. The second-order valence-electron chi connectivity index (χ2n) is 5.14. The number of nitrogen functional groups attached to an aromatic ring is 1. The Hall–Kier alpha value is -1.81. The fraction of sp³-hybridized carbons (Fsp3) is 0.250. The largest absolute Gasteiger partial charge is 0.397 e. The molecule has 1 aliphatic carbocycles. The summed E-state index contributed by atoms with van der Waals surface area (Å²) in [6.45, 7) is 1.04. The van der Waals surface area contributed by atoms with Crippen LogP contribution in [0, 0.1) is 5.92 Å². The maximum absolute atomic E-state index is 6.09. The van der Waals surface area contributed by atoms with E-state index >= 15 is 0 Å². The van der Waals surface area contributed by atoms with Crippen molar-refractivity contribution >= 4 is 29.0 Å². The third kappa shape index (κ3) is 3.61. The summed E-state index contributed by atoms with van der Waals surface area (Å²) in [5.74, 6) is 0.848. The summed E-state index contributed by atoms with van der Waals surface area (Å²) in [5, 5.41) is 3.42. The Morgan fingerprint density at radius 3 is 2.60 bits per heavy atom. The molecule has 0 aliphatic heterocycles. The Morgan fingerprint density at radius 1 is 1.10 bits per heavy atom. The molecule has 2 aromatic carbocycles. The van der Waals surface area contributed by atoms with Gasteiger partial charge in [0, 0.05) is 17.1 Å². The van der Waals surface area contributed by atoms with E-state index in [1.807, 2.05) is 30.3 Å². The molecular weight excluding hydrogens is 266 g/mol. The van der Waals surface area contributed by atoms with Crippen molar-refractivity contribution in [2.75, 3.05) is 22.3 Å². The van der Waals surface area contributed by atoms with Crippen molar-refractivity contribution in [2.24, 2.45) is 5.92 Å². The first-order valence-corrected chi connectivity index (χ1v) is 7.74. The summed E-state index contributed by atoms with van der Waals surface area (Å²) in [7, 11) is 0. The predicted molar refractivity (Wildman–Crippen MR) is 88.0 cm³/mol. The van der Waals surface area contributed by atoms with Crippen molar-refractivity contribution in [1.82, 2.24) is 0 Å². The van der Waals surface area contributed by atoms with Crippen molar-refractivity contribution in [3.8, 4) is 0 Å². The molecular formula is C16H19N3S. The summed E-state index contributed by atoms with van der Waals surface area (Å²) in [6, 6.07) is 16.3. The van der Waals surface area contributed by atoms with Gasteiger partial charge < -0.3 is 15.8 Å². The maximum Gasteiger partial charge on any atom is 0.0575 e. The van der Waals surface area contributed by atoms with Crippen LogP contribution in [0.25, 0.3) is 0 Å². The molecule has 1 aliphatic rings. The minimum atomic E-state index is 0.796. The Balaban J connectivity index is 1.58. The molecule has 2 aromatic rings. The van der Waals surface area contributed by atoms with Gasteiger partial charge in [0.1, 0.15) is 0 Å². The maximum atomic E-state index is 6.09. The molecule has 4 heteroatoms. The standard InChI is InChI=1S/C16H19N3S/c17-15-10-13(19-20-14-4-2-1-3-5-14)8-9-16(15)18-11-12-6-7-12/h1-5,8-10,12,18-19H,6-7,11,17H2. The molecule has 0 radical (unpaired) electrons. The molecule has 0 heterocycles. The molecule has 0 unspecified atom stereocenters. The molecule has 0 saturated heterocycles. The number of nitrogens with one attached hydrogen (secondary N) is 2. The van der Waals surface area contributed by atoms with Gasteiger partial charge in [-0.05, 0) is 61.0 Å². The van der Waals surface area contributed by atoms with Gasteiger partial charge in [-0.15, -0.1) is 0 Å². The van der Waals surface area contributed by atoms with Crippen molar-refractivity contribution in [3.05, 3.63) is 48.5 Å². The molecule has 0 aromatic heterocycles. The number of hydrogen-bond donors (Lipinski definition) is 3. The van der Waals surface area contributed by atoms with Gasteiger partial charge in [0.15, 0.2) is 0 Å². The fourth-order valence-electron chi connectivity index (χ4n) is 1.97. The SMILES string of the molecule is Nc1cc(NSc2ccccc2)ccc1NCC1CC1. The topological polar surface area (TPSA) is 50.1 Å². The lowest BCUT2D eigenvalue weighted by molar-refractivity contribution is 0.890. The highest BCUT2D eigenvalue weighted by molar-refractivity contribution is 8.00. The van der Waals surface area contributed by atoms with Crippen molar-refractivity contribution in [2.45, 2.75) is 17.7 Å². The van der Waals surface area contributed by atoms with Crippen LogP contribution in [-0.4, -0.2) is 6.54 Å². The second-order valence-corrected chi connectivity index (χ2v) is 6.02. The average Bonchev–Trinajstić information content (AvgIpc) is 3.29. The van der Waals surface area contributed by atoms with E-state index in [1.54, 1.807) is 11.9 Å². The van der Waals surface area contributed by atoms with Crippen LogP contribution in [0.15, 0.2) is 53.4 Å². The molecule has 0 amide bonds. The lowest BCUT2D eigenvalue weighted by Gasteiger charge is -2.11. The molecule has 0 spiro atoms. The van der Waals surface area contributed by atoms with Gasteiger partial charge in [-0.3, -0.25) is 0 Å². The highest BCUT2D eigenvalue weighted by Crippen LogP contribution is 2.31. The Morgan fingerprint density at radius 2 is 1.90 bits per heavy atom. The molecule has 3 rings (SSSR count). The zero-order valence-corrected chi connectivity index (χ0v) is 12.1. The number of rotatable bonds is 6. The number of benzene rings is 2. The van der Waals surface area contributed by atoms with Gasteiger partial charge in [0.25, 0.3) is 0 Å². The smallest absolute Gasteiger partial charge is 0.0575 e. The van der Waals surface area contributed by atoms with Gasteiger partial charge in [0.05, 0.1) is 11.4 Å². The normalized spacial score (nSPS) is 14.0. The summed E-state index contributed by atoms with van der Waals surface area (Å²) in [4.78, 5) is 1.18. The van der Waals surface area contributed by atoms with Crippen LogP contribution in [0.4, 0.5) is 17.1 Å². The molecule has 0 bridgehead atoms. The summed E-state index contributed by atoms with van der Waals surface area (Å²) < 4.78 is 3.32. The predicted octanol–water partition coefficient (Wildman–Crippen LogP) is 4.21. The zero-order chi connectivity index (χ0) is 13.8. The Bertz CT molecular complexity index is 567. The Labute approximate surface area is 124 Å². The molecule has 3 nitrogen and oxygen atoms in total. The summed E-state index contributed by atoms with van der Waals surface area (Å²) in [6.07, 6.45) is 2.69. The van der Waals surface area contributed by atoms with Crippen molar-refractivity contribution in [1.29, 1.82) is 0 Å². The van der Waals surface area contributed by atoms with Crippen LogP contribution < -0.4 is 15.8 Å². The first-order valence-electron chi connectivity index (χ1n) is 6.92. The molecule has 0 atom stereocenters. The first-order chi connectivity index (χ1) is 9.81. The fourth-order valence-corrected chi connectivity index (χ4v) is 2.63. The van der Waals surface area contributed by atoms with E-state index in [4.69, 9.17) is 5.73 Å². The molecule has 104 valence electrons. The van der Waals surface area contributed by atoms with Crippen LogP contribution >= 0.6 is 11.9 Å². The molecule has 1 saturated carbocycles. The molecule has 4 N–H and O–H groups in total. The van der Waals surface area contributed by atoms with Gasteiger partial charge in [-0.25, -0.2) is 0 Å². The lowest BCUT2D eigenvalue weighted by atomic mass is 10.2. The van der Waals surface area contributed by atoms with Crippen molar-refractivity contribution in [3.63, 3.8) is 0 Å². The second kappa shape index (κ2) is 6.09. The third-order valence-electron chi connectivity index (χ3n) is 3.36. The Kier molecular flexibility index (Phi) is 4.02. The molecule has 20 heavy (non-hydrogen) atoms. The van der Waals surface area contributed by atoms with E-state index in [1.165, 1.54) is 17.7 Å². The van der Waals surface area contributed by atoms with Crippen LogP contribution in [0.5, 0.6) is 0 Å². The van der Waals surface area contributed by atoms with Crippen LogP contribution in [0.2, 0.25) is 0 Å². The van der Waals surface area contributed by atoms with Crippen LogP contribution in [-0.2, 0) is 0 Å². The monoisotopic (exact) mass is 285 g/mol. The lowest BCUT2D eigenvalue weighted by Crippen LogP contribution is -2.05. The number of anilines is 3. The van der Waals surface area contributed by atoms with Gasteiger partial charge in [-0.1, -0.05) is 18.2 Å². The minimum absolute atomic E-state index is 0.796. The summed E-state index contributed by atoms with van der Waals surface area (Å²) >= 11 is 1.59. The highest BCUT2D eigenvalue weighted by Gasteiger charge is 2.20. The number of hydrogen-bond acceptors (Lipinski definition) is 4. The van der Waals surface area contributed by atoms with Crippen LogP contribution in [0.1, 0.15) is 12.8 Å². The van der Waals surface area contributed by atoms with Gasteiger partial charge in [0.2, 0.25) is 0 Å². The molecule has 1 fully saturated rings. The van der Waals surface area contributed by atoms with E-state index in [0.717, 1.165) is 29.5 Å². The highest BCUT2D eigenvalue weighted by atomic mass is 32.2. The van der Waals surface area contributed by atoms with Crippen LogP contribution in [0.3, 0.4) is 0 Å². The minimum Gasteiger partial charge on any atom is -0.397 e. The van der Waals surface area contributed by atoms with Gasteiger partial charge >= 0.3 is 0 Å². The first kappa shape index (κ1) is 13.2. The van der Waals surface area contributed by atoms with Crippen molar-refractivity contribution < 1.29 is 0 Å². The average molecular weight is 285 g/mol. The van der Waals surface area contributed by atoms with E-state index in [0.29, 0.717) is 0 Å². The van der Waals surface area contributed by atoms with E-state index in [2.05, 4.69) is 28.2 Å². The third-order valence-corrected chi connectivity index (χ3v) is 4.21.